The van der Waals surface area contributed by atoms with Gasteiger partial charge in [-0.1, -0.05) is 12.1 Å². The summed E-state index contributed by atoms with van der Waals surface area (Å²) in [4.78, 5) is 13.5. The van der Waals surface area contributed by atoms with Crippen LogP contribution in [0.1, 0.15) is 41.6 Å². The second kappa shape index (κ2) is 6.86. The van der Waals surface area contributed by atoms with Crippen LogP contribution in [0.4, 0.5) is 0 Å². The first-order valence-electron chi connectivity index (χ1n) is 7.30. The predicted octanol–water partition coefficient (Wildman–Crippen LogP) is 1.77. The van der Waals surface area contributed by atoms with E-state index in [2.05, 4.69) is 11.9 Å². The van der Waals surface area contributed by atoms with Crippen LogP contribution in [0.2, 0.25) is 0 Å². The first-order chi connectivity index (χ1) is 9.60. The maximum absolute atomic E-state index is 11.2. The lowest BCUT2D eigenvalue weighted by molar-refractivity contribution is 0.1000. The average Bonchev–Trinajstić information content (AvgIpc) is 2.47. The second-order valence-electron chi connectivity index (χ2n) is 5.84. The Kier molecular flexibility index (Phi) is 5.15. The first-order valence-corrected chi connectivity index (χ1v) is 7.30. The van der Waals surface area contributed by atoms with E-state index in [0.29, 0.717) is 24.1 Å². The number of benzene rings is 1. The molecule has 110 valence electrons. The van der Waals surface area contributed by atoms with Crippen LogP contribution in [-0.4, -0.2) is 35.6 Å². The molecule has 1 aliphatic rings. The van der Waals surface area contributed by atoms with Gasteiger partial charge in [0.05, 0.1) is 0 Å². The quantitative estimate of drug-likeness (QED) is 0.861. The van der Waals surface area contributed by atoms with Gasteiger partial charge in [-0.15, -0.1) is 0 Å². The Bertz CT molecular complexity index is 454. The van der Waals surface area contributed by atoms with Crippen LogP contribution < -0.4 is 5.73 Å². The highest BCUT2D eigenvalue weighted by Crippen LogP contribution is 2.27. The van der Waals surface area contributed by atoms with E-state index in [0.717, 1.165) is 37.8 Å². The maximum atomic E-state index is 11.2. The van der Waals surface area contributed by atoms with E-state index in [9.17, 15) is 9.90 Å². The van der Waals surface area contributed by atoms with Crippen molar-refractivity contribution in [1.29, 1.82) is 0 Å². The summed E-state index contributed by atoms with van der Waals surface area (Å²) in [5.74, 6) is 0.107. The van der Waals surface area contributed by atoms with Crippen molar-refractivity contribution in [2.75, 3.05) is 13.7 Å². The molecule has 1 saturated carbocycles. The minimum atomic E-state index is -0.377. The third kappa shape index (κ3) is 3.81. The van der Waals surface area contributed by atoms with Gasteiger partial charge in [0.2, 0.25) is 5.91 Å². The molecular formula is C16H24N2O2. The summed E-state index contributed by atoms with van der Waals surface area (Å²) in [6.07, 6.45) is 4.48. The molecule has 1 amide bonds. The number of aliphatic hydroxyl groups excluding tert-OH is 1. The number of aliphatic hydroxyl groups is 1. The number of carbonyl (C=O) groups excluding carboxylic acids is 1. The fraction of sp³-hybridized carbons (Fsp3) is 0.562. The number of primary amides is 1. The molecule has 0 aliphatic heterocycles. The van der Waals surface area contributed by atoms with E-state index in [1.807, 2.05) is 18.2 Å². The van der Waals surface area contributed by atoms with Gasteiger partial charge < -0.3 is 10.8 Å². The van der Waals surface area contributed by atoms with Crippen LogP contribution in [0.25, 0.3) is 0 Å². The Labute approximate surface area is 120 Å². The summed E-state index contributed by atoms with van der Waals surface area (Å²) >= 11 is 0. The average molecular weight is 276 g/mol. The van der Waals surface area contributed by atoms with Crippen LogP contribution in [0.3, 0.4) is 0 Å². The molecule has 0 spiro atoms. The fourth-order valence-electron chi connectivity index (χ4n) is 3.01. The Morgan fingerprint density at radius 3 is 2.65 bits per heavy atom. The molecule has 0 atom stereocenters. The minimum Gasteiger partial charge on any atom is -0.396 e. The lowest BCUT2D eigenvalue weighted by atomic mass is 9.86. The lowest BCUT2D eigenvalue weighted by Crippen LogP contribution is -2.35. The van der Waals surface area contributed by atoms with Crippen molar-refractivity contribution in [1.82, 2.24) is 4.90 Å². The highest BCUT2D eigenvalue weighted by Gasteiger charge is 2.23. The number of amides is 1. The number of carbonyl (C=O) groups is 1. The lowest BCUT2D eigenvalue weighted by Gasteiger charge is -2.34. The Balaban J connectivity index is 1.93. The Morgan fingerprint density at radius 1 is 1.35 bits per heavy atom. The SMILES string of the molecule is CN(Cc1cccc(C(N)=O)c1)C1CCC(CO)CC1. The number of nitrogens with two attached hydrogens (primary N) is 1. The van der Waals surface area contributed by atoms with Gasteiger partial charge in [0, 0.05) is 24.8 Å². The van der Waals surface area contributed by atoms with Crippen molar-refractivity contribution >= 4 is 5.91 Å². The van der Waals surface area contributed by atoms with E-state index < -0.39 is 0 Å². The number of hydrogen-bond donors (Lipinski definition) is 2. The third-order valence-electron chi connectivity index (χ3n) is 4.34. The zero-order chi connectivity index (χ0) is 14.5. The van der Waals surface area contributed by atoms with Crippen LogP contribution in [0, 0.1) is 5.92 Å². The summed E-state index contributed by atoms with van der Waals surface area (Å²) in [5.41, 5.74) is 7.00. The second-order valence-corrected chi connectivity index (χ2v) is 5.84. The topological polar surface area (TPSA) is 66.6 Å². The monoisotopic (exact) mass is 276 g/mol. The molecule has 0 bridgehead atoms. The molecule has 1 fully saturated rings. The third-order valence-corrected chi connectivity index (χ3v) is 4.34. The van der Waals surface area contributed by atoms with E-state index >= 15 is 0 Å². The standard InChI is InChI=1S/C16H24N2O2/c1-18(15-7-5-12(11-19)6-8-15)10-13-3-2-4-14(9-13)16(17)20/h2-4,9,12,15,19H,5-8,10-11H2,1H3,(H2,17,20). The zero-order valence-electron chi connectivity index (χ0n) is 12.1. The highest BCUT2D eigenvalue weighted by atomic mass is 16.3. The summed E-state index contributed by atoms with van der Waals surface area (Å²) in [6.45, 7) is 1.15. The van der Waals surface area contributed by atoms with Crippen LogP contribution in [0.15, 0.2) is 24.3 Å². The molecule has 1 aromatic carbocycles. The molecule has 0 radical (unpaired) electrons. The molecule has 2 rings (SSSR count). The van der Waals surface area contributed by atoms with Gasteiger partial charge in [-0.2, -0.15) is 0 Å². The van der Waals surface area contributed by atoms with Crippen molar-refractivity contribution in [3.05, 3.63) is 35.4 Å². The van der Waals surface area contributed by atoms with Gasteiger partial charge >= 0.3 is 0 Å². The van der Waals surface area contributed by atoms with Gasteiger partial charge in [-0.3, -0.25) is 9.69 Å². The largest absolute Gasteiger partial charge is 0.396 e. The van der Waals surface area contributed by atoms with Crippen molar-refractivity contribution in [3.8, 4) is 0 Å². The van der Waals surface area contributed by atoms with Gasteiger partial charge in [0.15, 0.2) is 0 Å². The fourth-order valence-corrected chi connectivity index (χ4v) is 3.01. The predicted molar refractivity (Wildman–Crippen MR) is 79.3 cm³/mol. The molecular weight excluding hydrogens is 252 g/mol. The van der Waals surface area contributed by atoms with Gasteiger partial charge in [-0.05, 0) is 56.3 Å². The van der Waals surface area contributed by atoms with Crippen LogP contribution >= 0.6 is 0 Å². The summed E-state index contributed by atoms with van der Waals surface area (Å²) < 4.78 is 0. The molecule has 0 saturated heterocycles. The van der Waals surface area contributed by atoms with Gasteiger partial charge in [-0.25, -0.2) is 0 Å². The summed E-state index contributed by atoms with van der Waals surface area (Å²) in [5, 5.41) is 9.18. The molecule has 0 unspecified atom stereocenters. The molecule has 4 heteroatoms. The van der Waals surface area contributed by atoms with E-state index in [4.69, 9.17) is 5.73 Å². The van der Waals surface area contributed by atoms with Crippen molar-refractivity contribution in [3.63, 3.8) is 0 Å². The van der Waals surface area contributed by atoms with Gasteiger partial charge in [0.1, 0.15) is 0 Å². The van der Waals surface area contributed by atoms with Crippen molar-refractivity contribution in [2.45, 2.75) is 38.3 Å². The minimum absolute atomic E-state index is 0.317. The smallest absolute Gasteiger partial charge is 0.248 e. The Morgan fingerprint density at radius 2 is 2.05 bits per heavy atom. The molecule has 1 aromatic rings. The molecule has 3 N–H and O–H groups in total. The molecule has 0 aromatic heterocycles. The van der Waals surface area contributed by atoms with Crippen molar-refractivity contribution in [2.24, 2.45) is 11.7 Å². The zero-order valence-corrected chi connectivity index (χ0v) is 12.1. The molecule has 0 heterocycles. The molecule has 1 aliphatic carbocycles. The van der Waals surface area contributed by atoms with E-state index in [-0.39, 0.29) is 5.91 Å². The molecule has 20 heavy (non-hydrogen) atoms. The van der Waals surface area contributed by atoms with Crippen LogP contribution in [-0.2, 0) is 6.54 Å². The highest BCUT2D eigenvalue weighted by molar-refractivity contribution is 5.92. The summed E-state index contributed by atoms with van der Waals surface area (Å²) in [6, 6.07) is 8.10. The first kappa shape index (κ1) is 15.0. The summed E-state index contributed by atoms with van der Waals surface area (Å²) in [7, 11) is 2.13. The normalized spacial score (nSPS) is 22.9. The van der Waals surface area contributed by atoms with E-state index in [1.165, 1.54) is 0 Å². The Hall–Kier alpha value is -1.39. The molecule has 4 nitrogen and oxygen atoms in total. The van der Waals surface area contributed by atoms with Gasteiger partial charge in [0.25, 0.3) is 0 Å². The number of hydrogen-bond acceptors (Lipinski definition) is 3. The van der Waals surface area contributed by atoms with Crippen molar-refractivity contribution < 1.29 is 9.90 Å². The van der Waals surface area contributed by atoms with Crippen LogP contribution in [0.5, 0.6) is 0 Å². The maximum Gasteiger partial charge on any atom is 0.248 e. The number of nitrogens with zero attached hydrogens (tertiary/aromatic N) is 1. The van der Waals surface area contributed by atoms with E-state index in [1.54, 1.807) is 6.07 Å². The number of rotatable bonds is 5.